The molecule has 0 spiro atoms. The molecule has 182 valence electrons. The van der Waals surface area contributed by atoms with E-state index in [0.717, 1.165) is 0 Å². The Labute approximate surface area is 213 Å². The fourth-order valence-corrected chi connectivity index (χ4v) is 7.47. The number of aromatic nitrogens is 2. The predicted molar refractivity (Wildman–Crippen MR) is 154 cm³/mol. The molecule has 1 aliphatic rings. The molecule has 3 aromatic heterocycles. The predicted octanol–water partition coefficient (Wildman–Crippen LogP) is 8.73. The van der Waals surface area contributed by atoms with Gasteiger partial charge >= 0.3 is 0 Å². The van der Waals surface area contributed by atoms with Crippen molar-refractivity contribution in [2.75, 3.05) is 0 Å². The molecule has 0 N–H and O–H groups in total. The number of hydrogen-bond acceptors (Lipinski definition) is 0. The summed E-state index contributed by atoms with van der Waals surface area (Å²) in [6, 6.07) is 14.1. The minimum absolute atomic E-state index is 0.468. The number of hydrogen-bond donors (Lipinski definition) is 0. The first-order valence-corrected chi connectivity index (χ1v) is 13.7. The van der Waals surface area contributed by atoms with Crippen LogP contribution in [-0.4, -0.2) is 4.40 Å². The first-order valence-electron chi connectivity index (χ1n) is 13.7. The average molecular weight is 474 g/mol. The highest BCUT2D eigenvalue weighted by atomic mass is 15.0. The van der Waals surface area contributed by atoms with Crippen LogP contribution in [-0.2, 0) is 7.05 Å². The molecule has 6 aromatic rings. The van der Waals surface area contributed by atoms with E-state index in [4.69, 9.17) is 0 Å². The van der Waals surface area contributed by atoms with Crippen molar-refractivity contribution in [2.24, 2.45) is 12.5 Å². The second-order valence-corrected chi connectivity index (χ2v) is 12.4. The van der Waals surface area contributed by atoms with Gasteiger partial charge in [-0.3, -0.25) is 0 Å². The Hall–Kier alpha value is -3.13. The zero-order valence-electron chi connectivity index (χ0n) is 22.8. The molecule has 36 heavy (non-hydrogen) atoms. The summed E-state index contributed by atoms with van der Waals surface area (Å²) in [6.07, 6.45) is 7.47. The molecule has 7 rings (SSSR count). The minimum atomic E-state index is 0.468. The standard InChI is InChI=1S/C34H37N2/c1-19-20(2)22(4)31-28(21(19)3)32-29-24(14-17-35(32)7)18-26(23-12-15-34(5,6)16-13-23)30-25-10-8-9-11-27(25)36(31)33(29)30/h8-11,14,17-18,23H,12-13,15-16H2,1-7H3/q+1. The summed E-state index contributed by atoms with van der Waals surface area (Å²) < 4.78 is 5.01. The Balaban J connectivity index is 1.78. The van der Waals surface area contributed by atoms with Crippen molar-refractivity contribution in [2.45, 2.75) is 73.1 Å². The van der Waals surface area contributed by atoms with Crippen molar-refractivity contribution in [3.8, 4) is 0 Å². The molecule has 1 aliphatic carbocycles. The third-order valence-electron chi connectivity index (χ3n) is 9.96. The smallest absolute Gasteiger partial charge is 0.224 e. The first-order chi connectivity index (χ1) is 17.2. The van der Waals surface area contributed by atoms with Gasteiger partial charge in [-0.1, -0.05) is 32.0 Å². The molecular weight excluding hydrogens is 436 g/mol. The lowest BCUT2D eigenvalue weighted by molar-refractivity contribution is -0.643. The Morgan fingerprint density at radius 3 is 2.25 bits per heavy atom. The highest BCUT2D eigenvalue weighted by Crippen LogP contribution is 2.49. The van der Waals surface area contributed by atoms with E-state index in [1.54, 1.807) is 5.56 Å². The Morgan fingerprint density at radius 1 is 0.806 bits per heavy atom. The summed E-state index contributed by atoms with van der Waals surface area (Å²) >= 11 is 0. The van der Waals surface area contributed by atoms with Gasteiger partial charge in [0, 0.05) is 16.8 Å². The van der Waals surface area contributed by atoms with Gasteiger partial charge in [0.2, 0.25) is 5.52 Å². The molecule has 3 aromatic carbocycles. The zero-order valence-corrected chi connectivity index (χ0v) is 22.8. The van der Waals surface area contributed by atoms with E-state index in [1.807, 2.05) is 0 Å². The Kier molecular flexibility index (Phi) is 4.43. The number of pyridine rings is 2. The zero-order chi connectivity index (χ0) is 25.1. The monoisotopic (exact) mass is 473 g/mol. The molecule has 0 radical (unpaired) electrons. The van der Waals surface area contributed by atoms with Gasteiger partial charge in [0.15, 0.2) is 6.20 Å². The van der Waals surface area contributed by atoms with E-state index in [-0.39, 0.29) is 0 Å². The maximum Gasteiger partial charge on any atom is 0.224 e. The highest BCUT2D eigenvalue weighted by molar-refractivity contribution is 6.28. The third kappa shape index (κ3) is 2.71. The van der Waals surface area contributed by atoms with Crippen LogP contribution in [0.1, 0.15) is 73.3 Å². The first kappa shape index (κ1) is 22.1. The number of nitrogens with zero attached hydrogens (tertiary/aromatic N) is 2. The van der Waals surface area contributed by atoms with Crippen LogP contribution in [0.5, 0.6) is 0 Å². The summed E-state index contributed by atoms with van der Waals surface area (Å²) in [6.45, 7) is 14.1. The molecule has 1 fully saturated rings. The summed E-state index contributed by atoms with van der Waals surface area (Å²) in [7, 11) is 2.23. The van der Waals surface area contributed by atoms with Crippen LogP contribution >= 0.6 is 0 Å². The summed E-state index contributed by atoms with van der Waals surface area (Å²) in [5, 5.41) is 7.13. The van der Waals surface area contributed by atoms with Crippen molar-refractivity contribution in [1.29, 1.82) is 0 Å². The lowest BCUT2D eigenvalue weighted by Gasteiger charge is -2.35. The van der Waals surface area contributed by atoms with Crippen molar-refractivity contribution >= 4 is 49.0 Å². The van der Waals surface area contributed by atoms with Crippen LogP contribution in [0.25, 0.3) is 49.0 Å². The van der Waals surface area contributed by atoms with E-state index >= 15 is 0 Å². The molecule has 0 atom stereocenters. The highest BCUT2D eigenvalue weighted by Gasteiger charge is 2.32. The lowest BCUT2D eigenvalue weighted by Crippen LogP contribution is -2.29. The van der Waals surface area contributed by atoms with Gasteiger partial charge in [-0.25, -0.2) is 4.57 Å². The molecule has 2 nitrogen and oxygen atoms in total. The van der Waals surface area contributed by atoms with Gasteiger partial charge in [-0.15, -0.1) is 0 Å². The van der Waals surface area contributed by atoms with Crippen LogP contribution in [0, 0.1) is 33.1 Å². The molecule has 0 saturated heterocycles. The molecule has 0 unspecified atom stereocenters. The maximum absolute atomic E-state index is 2.64. The molecule has 2 heteroatoms. The number of benzene rings is 3. The molecule has 1 saturated carbocycles. The number of aryl methyl sites for hydroxylation is 3. The summed E-state index contributed by atoms with van der Waals surface area (Å²) in [5.74, 6) is 0.628. The topological polar surface area (TPSA) is 8.29 Å². The van der Waals surface area contributed by atoms with E-state index in [0.29, 0.717) is 11.3 Å². The fourth-order valence-electron chi connectivity index (χ4n) is 7.47. The van der Waals surface area contributed by atoms with Crippen LogP contribution in [0.3, 0.4) is 0 Å². The lowest BCUT2D eigenvalue weighted by atomic mass is 9.70. The largest absolute Gasteiger partial charge is 0.307 e. The van der Waals surface area contributed by atoms with Crippen molar-refractivity contribution in [3.05, 3.63) is 70.4 Å². The van der Waals surface area contributed by atoms with Crippen LogP contribution in [0.2, 0.25) is 0 Å². The van der Waals surface area contributed by atoms with Crippen LogP contribution < -0.4 is 4.57 Å². The van der Waals surface area contributed by atoms with Crippen molar-refractivity contribution < 1.29 is 4.57 Å². The van der Waals surface area contributed by atoms with Crippen LogP contribution in [0.15, 0.2) is 42.6 Å². The molecule has 0 aliphatic heterocycles. The average Bonchev–Trinajstić information content (AvgIpc) is 3.21. The molecule has 0 bridgehead atoms. The van der Waals surface area contributed by atoms with Crippen molar-refractivity contribution in [3.63, 3.8) is 0 Å². The van der Waals surface area contributed by atoms with Gasteiger partial charge in [0.25, 0.3) is 0 Å². The fraction of sp³-hybridized carbons (Fsp3) is 0.382. The third-order valence-corrected chi connectivity index (χ3v) is 9.96. The van der Waals surface area contributed by atoms with Gasteiger partial charge in [-0.2, -0.15) is 0 Å². The maximum atomic E-state index is 2.64. The minimum Gasteiger partial charge on any atom is -0.307 e. The van der Waals surface area contributed by atoms with Gasteiger partial charge in [-0.05, 0) is 110 Å². The molecular formula is C34H37N2+. The van der Waals surface area contributed by atoms with Crippen molar-refractivity contribution in [1.82, 2.24) is 4.40 Å². The number of rotatable bonds is 1. The Bertz CT molecular complexity index is 1850. The van der Waals surface area contributed by atoms with Crippen LogP contribution in [0.4, 0.5) is 0 Å². The quantitative estimate of drug-likeness (QED) is 0.128. The van der Waals surface area contributed by atoms with E-state index in [1.165, 1.54) is 96.9 Å². The Morgan fingerprint density at radius 2 is 1.50 bits per heavy atom. The van der Waals surface area contributed by atoms with E-state index in [9.17, 15) is 0 Å². The number of para-hydroxylation sites is 1. The summed E-state index contributed by atoms with van der Waals surface area (Å²) in [4.78, 5) is 0. The SMILES string of the molecule is Cc1c(C)c(C)c2c(c1C)c1c3c(cc[n+]1C)cc(C1CCC(C)(C)CC1)c1c4ccccc4n2c13. The molecule has 3 heterocycles. The van der Waals surface area contributed by atoms with E-state index in [2.05, 4.69) is 100 Å². The second-order valence-electron chi connectivity index (χ2n) is 12.4. The molecule has 0 amide bonds. The number of fused-ring (bicyclic) bond motifs is 6. The normalized spacial score (nSPS) is 17.0. The van der Waals surface area contributed by atoms with E-state index < -0.39 is 0 Å². The van der Waals surface area contributed by atoms with Gasteiger partial charge < -0.3 is 4.40 Å². The van der Waals surface area contributed by atoms with Gasteiger partial charge in [0.1, 0.15) is 7.05 Å². The second kappa shape index (κ2) is 7.22. The van der Waals surface area contributed by atoms with Gasteiger partial charge in [0.05, 0.1) is 27.3 Å². The summed E-state index contributed by atoms with van der Waals surface area (Å²) in [5.41, 5.74) is 13.2.